The summed E-state index contributed by atoms with van der Waals surface area (Å²) in [5.74, 6) is 1.58. The van der Waals surface area contributed by atoms with E-state index in [0.29, 0.717) is 16.7 Å². The van der Waals surface area contributed by atoms with Gasteiger partial charge in [-0.05, 0) is 54.3 Å². The lowest BCUT2D eigenvalue weighted by atomic mass is 9.96. The van der Waals surface area contributed by atoms with Crippen LogP contribution in [0.1, 0.15) is 36.5 Å². The Morgan fingerprint density at radius 3 is 2.49 bits per heavy atom. The number of ether oxygens (including phenoxy) is 1. The van der Waals surface area contributed by atoms with Crippen LogP contribution < -0.4 is 10.3 Å². The van der Waals surface area contributed by atoms with E-state index in [0.717, 1.165) is 38.9 Å². The molecule has 0 N–H and O–H groups in total. The first-order chi connectivity index (χ1) is 16.9. The van der Waals surface area contributed by atoms with E-state index in [1.165, 1.54) is 4.68 Å². The minimum absolute atomic E-state index is 0.205. The number of benzene rings is 3. The molecule has 0 aliphatic heterocycles. The van der Waals surface area contributed by atoms with Gasteiger partial charge < -0.3 is 9.30 Å². The third kappa shape index (κ3) is 3.91. The molecule has 0 unspecified atom stereocenters. The van der Waals surface area contributed by atoms with Gasteiger partial charge in [-0.15, -0.1) is 0 Å². The smallest absolute Gasteiger partial charge is 0.282 e. The van der Waals surface area contributed by atoms with Crippen molar-refractivity contribution < 1.29 is 4.74 Å². The summed E-state index contributed by atoms with van der Waals surface area (Å²) in [6.45, 7) is 6.25. The monoisotopic (exact) mass is 464 g/mol. The van der Waals surface area contributed by atoms with Gasteiger partial charge in [0, 0.05) is 35.3 Å². The van der Waals surface area contributed by atoms with Gasteiger partial charge in [0.15, 0.2) is 5.82 Å². The molecule has 6 heteroatoms. The highest BCUT2D eigenvalue weighted by Crippen LogP contribution is 2.34. The quantitative estimate of drug-likeness (QED) is 0.305. The Morgan fingerprint density at radius 2 is 1.74 bits per heavy atom. The number of rotatable bonds is 5. The molecule has 0 radical (unpaired) electrons. The van der Waals surface area contributed by atoms with Crippen LogP contribution in [0.15, 0.2) is 76.8 Å². The standard InChI is InChI=1S/C29H28N4O2/c1-18(2)23-15-24(19(3)14-27(23)35-5)28-31-25-12-8-6-11-22(25)29(34)33(28)30-16-20-17-32(4)26-13-9-7-10-21(20)26/h6-18H,1-5H3. The first kappa shape index (κ1) is 22.6. The Bertz CT molecular complexity index is 1660. The van der Waals surface area contributed by atoms with E-state index in [1.54, 1.807) is 19.4 Å². The first-order valence-electron chi connectivity index (χ1n) is 11.7. The minimum atomic E-state index is -0.205. The van der Waals surface area contributed by atoms with E-state index in [-0.39, 0.29) is 11.5 Å². The Hall–Kier alpha value is -4.19. The molecule has 176 valence electrons. The molecule has 5 rings (SSSR count). The van der Waals surface area contributed by atoms with Gasteiger partial charge in [-0.3, -0.25) is 4.79 Å². The van der Waals surface area contributed by atoms with Gasteiger partial charge in [-0.1, -0.05) is 44.2 Å². The maximum atomic E-state index is 13.6. The van der Waals surface area contributed by atoms with Gasteiger partial charge in [0.1, 0.15) is 5.75 Å². The predicted octanol–water partition coefficient (Wildman–Crippen LogP) is 5.88. The molecule has 0 aliphatic rings. The number of para-hydroxylation sites is 2. The van der Waals surface area contributed by atoms with Crippen LogP contribution in [0.4, 0.5) is 0 Å². The second-order valence-corrected chi connectivity index (χ2v) is 9.09. The summed E-state index contributed by atoms with van der Waals surface area (Å²) in [4.78, 5) is 18.6. The van der Waals surface area contributed by atoms with E-state index in [1.807, 2.05) is 56.6 Å². The fraction of sp³-hybridized carbons (Fsp3) is 0.207. The normalized spacial score (nSPS) is 11.8. The molecule has 0 bridgehead atoms. The van der Waals surface area contributed by atoms with Crippen molar-refractivity contribution in [3.8, 4) is 17.1 Å². The molecule has 0 atom stereocenters. The second-order valence-electron chi connectivity index (χ2n) is 9.09. The summed E-state index contributed by atoms with van der Waals surface area (Å²) in [6, 6.07) is 19.6. The molecule has 2 heterocycles. The van der Waals surface area contributed by atoms with Crippen LogP contribution in [0, 0.1) is 6.92 Å². The number of fused-ring (bicyclic) bond motifs is 2. The van der Waals surface area contributed by atoms with Crippen molar-refractivity contribution in [3.05, 3.63) is 93.9 Å². The van der Waals surface area contributed by atoms with Crippen LogP contribution in [0.25, 0.3) is 33.2 Å². The highest BCUT2D eigenvalue weighted by molar-refractivity contribution is 5.99. The van der Waals surface area contributed by atoms with Crippen LogP contribution in [0.5, 0.6) is 5.75 Å². The van der Waals surface area contributed by atoms with Gasteiger partial charge >= 0.3 is 0 Å². The summed E-state index contributed by atoms with van der Waals surface area (Å²) < 4.78 is 9.11. The SMILES string of the molecule is COc1cc(C)c(-c2nc3ccccc3c(=O)n2N=Cc2cn(C)c3ccccc23)cc1C(C)C. The topological polar surface area (TPSA) is 61.4 Å². The number of methoxy groups -OCH3 is 1. The summed E-state index contributed by atoms with van der Waals surface area (Å²) in [7, 11) is 3.68. The van der Waals surface area contributed by atoms with Crippen LogP contribution in [0.2, 0.25) is 0 Å². The third-order valence-corrected chi connectivity index (χ3v) is 6.43. The molecule has 0 spiro atoms. The Labute approximate surface area is 204 Å². The van der Waals surface area contributed by atoms with E-state index in [9.17, 15) is 4.79 Å². The number of hydrogen-bond donors (Lipinski definition) is 0. The average molecular weight is 465 g/mol. The zero-order chi connectivity index (χ0) is 24.7. The van der Waals surface area contributed by atoms with Gasteiger partial charge in [-0.25, -0.2) is 4.98 Å². The fourth-order valence-corrected chi connectivity index (χ4v) is 4.57. The summed E-state index contributed by atoms with van der Waals surface area (Å²) in [5, 5.41) is 6.30. The summed E-state index contributed by atoms with van der Waals surface area (Å²) in [5.41, 5.74) is 5.35. The van der Waals surface area contributed by atoms with E-state index in [4.69, 9.17) is 14.8 Å². The zero-order valence-corrected chi connectivity index (χ0v) is 20.6. The van der Waals surface area contributed by atoms with Crippen molar-refractivity contribution in [1.82, 2.24) is 14.2 Å². The molecular formula is C29H28N4O2. The van der Waals surface area contributed by atoms with Crippen molar-refractivity contribution >= 4 is 28.0 Å². The Balaban J connectivity index is 1.77. The lowest BCUT2D eigenvalue weighted by Crippen LogP contribution is -2.20. The number of aromatic nitrogens is 3. The fourth-order valence-electron chi connectivity index (χ4n) is 4.57. The molecular weight excluding hydrogens is 436 g/mol. The van der Waals surface area contributed by atoms with Crippen molar-refractivity contribution in [3.63, 3.8) is 0 Å². The highest BCUT2D eigenvalue weighted by atomic mass is 16.5. The molecule has 2 aromatic heterocycles. The zero-order valence-electron chi connectivity index (χ0n) is 20.6. The first-order valence-corrected chi connectivity index (χ1v) is 11.7. The van der Waals surface area contributed by atoms with E-state index < -0.39 is 0 Å². The average Bonchev–Trinajstić information content (AvgIpc) is 3.18. The number of hydrogen-bond acceptors (Lipinski definition) is 4. The Morgan fingerprint density at radius 1 is 1.03 bits per heavy atom. The van der Waals surface area contributed by atoms with E-state index in [2.05, 4.69) is 36.6 Å². The molecule has 35 heavy (non-hydrogen) atoms. The second kappa shape index (κ2) is 8.87. The largest absolute Gasteiger partial charge is 0.496 e. The summed E-state index contributed by atoms with van der Waals surface area (Å²) in [6.07, 6.45) is 3.76. The van der Waals surface area contributed by atoms with Crippen LogP contribution in [0.3, 0.4) is 0 Å². The van der Waals surface area contributed by atoms with Crippen LogP contribution in [-0.4, -0.2) is 27.6 Å². The number of aryl methyl sites for hydroxylation is 2. The van der Waals surface area contributed by atoms with Crippen LogP contribution >= 0.6 is 0 Å². The molecule has 6 nitrogen and oxygen atoms in total. The third-order valence-electron chi connectivity index (χ3n) is 6.43. The Kier molecular flexibility index (Phi) is 5.73. The number of nitrogens with zero attached hydrogens (tertiary/aromatic N) is 4. The van der Waals surface area contributed by atoms with Crippen LogP contribution in [-0.2, 0) is 7.05 Å². The summed E-state index contributed by atoms with van der Waals surface area (Å²) >= 11 is 0. The van der Waals surface area contributed by atoms with Gasteiger partial charge in [0.2, 0.25) is 0 Å². The van der Waals surface area contributed by atoms with Crippen molar-refractivity contribution in [2.24, 2.45) is 12.1 Å². The van der Waals surface area contributed by atoms with Gasteiger partial charge in [-0.2, -0.15) is 9.78 Å². The molecule has 0 fully saturated rings. The molecule has 0 saturated carbocycles. The highest BCUT2D eigenvalue weighted by Gasteiger charge is 2.18. The molecule has 0 saturated heterocycles. The van der Waals surface area contributed by atoms with E-state index >= 15 is 0 Å². The van der Waals surface area contributed by atoms with Crippen molar-refractivity contribution in [2.75, 3.05) is 7.11 Å². The molecule has 3 aromatic carbocycles. The maximum absolute atomic E-state index is 13.6. The lowest BCUT2D eigenvalue weighted by Gasteiger charge is -2.17. The molecule has 5 aromatic rings. The van der Waals surface area contributed by atoms with Gasteiger partial charge in [0.25, 0.3) is 5.56 Å². The van der Waals surface area contributed by atoms with Crippen molar-refractivity contribution in [1.29, 1.82) is 0 Å². The minimum Gasteiger partial charge on any atom is -0.496 e. The van der Waals surface area contributed by atoms with Gasteiger partial charge in [0.05, 0.1) is 24.2 Å². The predicted molar refractivity (Wildman–Crippen MR) is 143 cm³/mol. The maximum Gasteiger partial charge on any atom is 0.282 e. The molecule has 0 amide bonds. The lowest BCUT2D eigenvalue weighted by molar-refractivity contribution is 0.407. The van der Waals surface area contributed by atoms with Crippen molar-refractivity contribution in [2.45, 2.75) is 26.7 Å². The molecule has 0 aliphatic carbocycles.